The Hall–Kier alpha value is -3.68. The van der Waals surface area contributed by atoms with Gasteiger partial charge >= 0.3 is 0 Å². The first-order valence-electron chi connectivity index (χ1n) is 9.56. The van der Waals surface area contributed by atoms with Crippen LogP contribution < -0.4 is 10.1 Å². The Labute approximate surface area is 175 Å². The summed E-state index contributed by atoms with van der Waals surface area (Å²) >= 11 is 0. The second-order valence-corrected chi connectivity index (χ2v) is 7.00. The molecule has 0 radical (unpaired) electrons. The van der Waals surface area contributed by atoms with E-state index in [4.69, 9.17) is 9.15 Å². The third-order valence-electron chi connectivity index (χ3n) is 5.16. The molecule has 0 aliphatic carbocycles. The molecule has 1 atom stereocenters. The van der Waals surface area contributed by atoms with E-state index in [1.54, 1.807) is 36.5 Å². The van der Waals surface area contributed by atoms with Crippen LogP contribution in [0.1, 0.15) is 29.2 Å². The van der Waals surface area contributed by atoms with Crippen LogP contribution in [-0.2, 0) is 11.3 Å². The van der Waals surface area contributed by atoms with Gasteiger partial charge in [0.1, 0.15) is 11.5 Å². The fourth-order valence-electron chi connectivity index (χ4n) is 3.68. The van der Waals surface area contributed by atoms with Crippen LogP contribution in [0, 0.1) is 17.5 Å². The fraction of sp³-hybridized carbons (Fsp3) is 0.174. The average Bonchev–Trinajstić information content (AvgIpc) is 3.45. The van der Waals surface area contributed by atoms with Crippen molar-refractivity contribution in [2.45, 2.75) is 18.9 Å². The summed E-state index contributed by atoms with van der Waals surface area (Å²) in [6.07, 6.45) is 2.91. The van der Waals surface area contributed by atoms with Crippen LogP contribution in [0.2, 0.25) is 0 Å². The Kier molecular flexibility index (Phi) is 5.70. The standard InChI is InChI=1S/C23H19F3N2O3/c1-30-19-6-2-5-18-21(19)16(12-27-18)15(14-7-8-17(24)23(26)22(14)25)10-20(29)28-11-13-4-3-9-31-13/h2-9,12,15,27H,10-11H2,1H3,(H,28,29). The highest BCUT2D eigenvalue weighted by Crippen LogP contribution is 2.39. The summed E-state index contributed by atoms with van der Waals surface area (Å²) in [5.74, 6) is -4.43. The number of methoxy groups -OCH3 is 1. The molecule has 0 aliphatic heterocycles. The predicted octanol–water partition coefficient (Wildman–Crippen LogP) is 5.03. The number of H-pyrrole nitrogens is 1. The number of halogens is 3. The van der Waals surface area contributed by atoms with E-state index in [2.05, 4.69) is 10.3 Å². The number of nitrogens with one attached hydrogen (secondary N) is 2. The number of hydrogen-bond acceptors (Lipinski definition) is 3. The molecule has 5 nitrogen and oxygen atoms in total. The van der Waals surface area contributed by atoms with E-state index in [1.165, 1.54) is 13.4 Å². The first kappa shape index (κ1) is 20.6. The third-order valence-corrected chi connectivity index (χ3v) is 5.16. The van der Waals surface area contributed by atoms with Crippen LogP contribution >= 0.6 is 0 Å². The number of aromatic amines is 1. The minimum absolute atomic E-state index is 0.126. The minimum Gasteiger partial charge on any atom is -0.496 e. The van der Waals surface area contributed by atoms with Crippen LogP contribution in [0.15, 0.2) is 59.3 Å². The molecule has 0 bridgehead atoms. The van der Waals surface area contributed by atoms with E-state index in [0.717, 1.165) is 12.1 Å². The minimum atomic E-state index is -1.58. The maximum atomic E-state index is 14.7. The molecule has 2 aromatic heterocycles. The number of aromatic nitrogens is 1. The van der Waals surface area contributed by atoms with E-state index < -0.39 is 29.3 Å². The summed E-state index contributed by atoms with van der Waals surface area (Å²) in [5, 5.41) is 3.34. The van der Waals surface area contributed by atoms with Gasteiger partial charge in [-0.2, -0.15) is 0 Å². The monoisotopic (exact) mass is 428 g/mol. The van der Waals surface area contributed by atoms with Gasteiger partial charge in [0.05, 0.1) is 19.9 Å². The Morgan fingerprint density at radius 2 is 1.94 bits per heavy atom. The number of ether oxygens (including phenoxy) is 1. The van der Waals surface area contributed by atoms with Crippen molar-refractivity contribution < 1.29 is 27.1 Å². The average molecular weight is 428 g/mol. The van der Waals surface area contributed by atoms with E-state index in [-0.39, 0.29) is 18.5 Å². The van der Waals surface area contributed by atoms with Gasteiger partial charge < -0.3 is 19.5 Å². The van der Waals surface area contributed by atoms with Crippen LogP contribution in [0.3, 0.4) is 0 Å². The molecule has 2 heterocycles. The number of carbonyl (C=O) groups is 1. The van der Waals surface area contributed by atoms with Gasteiger partial charge in [0.25, 0.3) is 0 Å². The van der Waals surface area contributed by atoms with E-state index >= 15 is 0 Å². The molecule has 0 aliphatic rings. The summed E-state index contributed by atoms with van der Waals surface area (Å²) in [6, 6.07) is 10.7. The van der Waals surface area contributed by atoms with Crippen LogP contribution in [0.4, 0.5) is 13.2 Å². The lowest BCUT2D eigenvalue weighted by molar-refractivity contribution is -0.121. The molecule has 1 amide bonds. The topological polar surface area (TPSA) is 67.3 Å². The highest BCUT2D eigenvalue weighted by atomic mass is 19.2. The number of hydrogen-bond donors (Lipinski definition) is 2. The molecule has 0 spiro atoms. The van der Waals surface area contributed by atoms with Crippen molar-refractivity contribution in [3.05, 3.63) is 89.3 Å². The quantitative estimate of drug-likeness (QED) is 0.406. The Balaban J connectivity index is 1.75. The molecule has 4 aromatic rings. The van der Waals surface area contributed by atoms with Crippen molar-refractivity contribution in [2.24, 2.45) is 0 Å². The summed E-state index contributed by atoms with van der Waals surface area (Å²) in [7, 11) is 1.49. The summed E-state index contributed by atoms with van der Waals surface area (Å²) in [4.78, 5) is 15.8. The second-order valence-electron chi connectivity index (χ2n) is 7.00. The van der Waals surface area contributed by atoms with Gasteiger partial charge in [-0.05, 0) is 41.5 Å². The smallest absolute Gasteiger partial charge is 0.221 e. The number of furan rings is 1. The molecule has 0 saturated carbocycles. The summed E-state index contributed by atoms with van der Waals surface area (Å²) in [6.45, 7) is 0.149. The largest absolute Gasteiger partial charge is 0.496 e. The number of carbonyl (C=O) groups excluding carboxylic acids is 1. The van der Waals surface area contributed by atoms with Gasteiger partial charge in [0.15, 0.2) is 17.5 Å². The number of fused-ring (bicyclic) bond motifs is 1. The SMILES string of the molecule is COc1cccc2[nH]cc(C(CC(=O)NCc3ccco3)c3ccc(F)c(F)c3F)c12. The number of benzene rings is 2. The molecular weight excluding hydrogens is 409 g/mol. The molecule has 31 heavy (non-hydrogen) atoms. The Morgan fingerprint density at radius 1 is 1.10 bits per heavy atom. The lowest BCUT2D eigenvalue weighted by Gasteiger charge is -2.19. The molecule has 0 saturated heterocycles. The Bertz CT molecular complexity index is 1220. The van der Waals surface area contributed by atoms with Crippen LogP contribution in [0.5, 0.6) is 5.75 Å². The van der Waals surface area contributed by atoms with Crippen LogP contribution in [0.25, 0.3) is 10.9 Å². The number of rotatable bonds is 7. The maximum absolute atomic E-state index is 14.7. The molecule has 0 fully saturated rings. The predicted molar refractivity (Wildman–Crippen MR) is 108 cm³/mol. The molecule has 4 rings (SSSR count). The van der Waals surface area contributed by atoms with Crippen molar-refractivity contribution in [2.75, 3.05) is 7.11 Å². The van der Waals surface area contributed by atoms with Crippen LogP contribution in [-0.4, -0.2) is 18.0 Å². The van der Waals surface area contributed by atoms with Gasteiger partial charge in [-0.15, -0.1) is 0 Å². The maximum Gasteiger partial charge on any atom is 0.221 e. The lowest BCUT2D eigenvalue weighted by atomic mass is 9.87. The molecular formula is C23H19F3N2O3. The van der Waals surface area contributed by atoms with Crippen molar-refractivity contribution >= 4 is 16.8 Å². The molecule has 8 heteroatoms. The summed E-state index contributed by atoms with van der Waals surface area (Å²) < 4.78 is 52.9. The Morgan fingerprint density at radius 3 is 2.68 bits per heavy atom. The highest BCUT2D eigenvalue weighted by molar-refractivity contribution is 5.91. The van der Waals surface area contributed by atoms with Crippen molar-refractivity contribution in [3.63, 3.8) is 0 Å². The zero-order chi connectivity index (χ0) is 22.0. The summed E-state index contributed by atoms with van der Waals surface area (Å²) in [5.41, 5.74) is 1.11. The van der Waals surface area contributed by atoms with Gasteiger partial charge in [-0.25, -0.2) is 13.2 Å². The third kappa shape index (κ3) is 4.01. The molecule has 2 aromatic carbocycles. The first-order valence-corrected chi connectivity index (χ1v) is 9.56. The van der Waals surface area contributed by atoms with E-state index in [9.17, 15) is 18.0 Å². The lowest BCUT2D eigenvalue weighted by Crippen LogP contribution is -2.25. The zero-order valence-electron chi connectivity index (χ0n) is 16.5. The number of amides is 1. The van der Waals surface area contributed by atoms with Gasteiger partial charge in [-0.3, -0.25) is 4.79 Å². The molecule has 160 valence electrons. The van der Waals surface area contributed by atoms with Crippen molar-refractivity contribution in [1.82, 2.24) is 10.3 Å². The van der Waals surface area contributed by atoms with Gasteiger partial charge in [0, 0.05) is 29.4 Å². The van der Waals surface area contributed by atoms with E-state index in [1.807, 2.05) is 0 Å². The first-order chi connectivity index (χ1) is 15.0. The fourth-order valence-corrected chi connectivity index (χ4v) is 3.68. The normalized spacial score (nSPS) is 12.1. The molecule has 2 N–H and O–H groups in total. The zero-order valence-corrected chi connectivity index (χ0v) is 16.5. The van der Waals surface area contributed by atoms with Gasteiger partial charge in [0.2, 0.25) is 5.91 Å². The van der Waals surface area contributed by atoms with Crippen molar-refractivity contribution in [3.8, 4) is 5.75 Å². The van der Waals surface area contributed by atoms with E-state index in [0.29, 0.717) is 28.0 Å². The highest BCUT2D eigenvalue weighted by Gasteiger charge is 2.28. The van der Waals surface area contributed by atoms with Gasteiger partial charge in [-0.1, -0.05) is 12.1 Å². The second kappa shape index (κ2) is 8.59. The molecule has 1 unspecified atom stereocenters. The van der Waals surface area contributed by atoms with Crippen molar-refractivity contribution in [1.29, 1.82) is 0 Å².